The molecule has 0 saturated carbocycles. The molecule has 0 spiro atoms. The van der Waals surface area contributed by atoms with E-state index in [1.54, 1.807) is 88.4 Å². The number of benzene rings is 2. The number of carboxylic acids is 3. The molecule has 10 amide bonds. The van der Waals surface area contributed by atoms with Crippen molar-refractivity contribution in [2.75, 3.05) is 13.1 Å². The lowest BCUT2D eigenvalue weighted by Gasteiger charge is -2.28. The Morgan fingerprint density at radius 1 is 0.434 bits per heavy atom. The maximum atomic E-state index is 14.0. The average molecular weight is 1170 g/mol. The number of carbonyl (C=O) groups excluding carboxylic acids is 10. The number of aliphatic carboxylic acids is 3. The summed E-state index contributed by atoms with van der Waals surface area (Å²) < 4.78 is 0. The second-order valence-corrected chi connectivity index (χ2v) is 20.8. The first-order valence-corrected chi connectivity index (χ1v) is 27.5. The van der Waals surface area contributed by atoms with Crippen molar-refractivity contribution in [1.29, 1.82) is 0 Å². The number of carboxylic acid groups (broad SMARTS) is 3. The lowest BCUT2D eigenvalue weighted by Crippen LogP contribution is -2.60. The second-order valence-electron chi connectivity index (χ2n) is 20.8. The molecule has 458 valence electrons. The van der Waals surface area contributed by atoms with Gasteiger partial charge in [-0.05, 0) is 62.0 Å². The molecule has 83 heavy (non-hydrogen) atoms. The quantitative estimate of drug-likeness (QED) is 0.0382. The third kappa shape index (κ3) is 25.9. The van der Waals surface area contributed by atoms with Crippen LogP contribution in [0, 0.1) is 17.8 Å². The normalized spacial score (nSPS) is 15.0. The van der Waals surface area contributed by atoms with Gasteiger partial charge in [-0.15, -0.1) is 0 Å². The van der Waals surface area contributed by atoms with Gasteiger partial charge in [0.05, 0.1) is 13.1 Å². The van der Waals surface area contributed by atoms with Gasteiger partial charge in [-0.1, -0.05) is 115 Å². The van der Waals surface area contributed by atoms with Crippen LogP contribution in [-0.2, 0) is 75.2 Å². The van der Waals surface area contributed by atoms with Gasteiger partial charge < -0.3 is 74.2 Å². The van der Waals surface area contributed by atoms with Crippen LogP contribution in [-0.4, -0.2) is 160 Å². The number of hydrogen-bond acceptors (Lipinski definition) is 14. The highest BCUT2D eigenvalue weighted by atomic mass is 16.4. The van der Waals surface area contributed by atoms with E-state index in [9.17, 15) is 72.5 Å². The standard InChI is InChI=1S/C56H83N11O16/c1-9-31(5)46(66-49(75)34(8)59-50(76)37(21-23-44(70)71)63-52(78)41(27-36-19-15-12-16-20-36)65-51(77)39(25-30(3)4)61-42(68)28-57)54(80)60-33(7)48(74)58-29-43(69)62-40(26-35-17-13-11-14-18-35)53(79)67-47(32(6)10-2)55(81)64-38(56(82)83)22-24-45(72)73/h11-20,30-34,37-41,46-47H,9-10,21-29,57H2,1-8H3,(H,58,74)(H,59,76)(H,60,80)(H,61,68)(H,62,69)(H,63,78)(H,64,81)(H,65,77)(H,66,75)(H,67,79)(H,70,71)(H,72,73)(H,82,83)/t31-,32-,33-,34-,37-,38-,39-,40-,41-,46-,47-/m0/s1. The Hall–Kier alpha value is -8.49. The zero-order valence-corrected chi connectivity index (χ0v) is 48.2. The summed E-state index contributed by atoms with van der Waals surface area (Å²) in [6.07, 6.45) is -1.34. The van der Waals surface area contributed by atoms with Crippen LogP contribution in [0.15, 0.2) is 60.7 Å². The van der Waals surface area contributed by atoms with Crippen molar-refractivity contribution >= 4 is 77.0 Å². The molecule has 27 heteroatoms. The third-order valence-corrected chi connectivity index (χ3v) is 13.4. The van der Waals surface area contributed by atoms with Gasteiger partial charge in [0, 0.05) is 25.7 Å². The number of carbonyl (C=O) groups is 13. The molecule has 0 aliphatic carbocycles. The van der Waals surface area contributed by atoms with Gasteiger partial charge in [0.1, 0.15) is 54.4 Å². The van der Waals surface area contributed by atoms with Gasteiger partial charge in [0.2, 0.25) is 59.1 Å². The molecule has 0 aliphatic heterocycles. The molecule has 11 atom stereocenters. The molecular formula is C56H83N11O16. The lowest BCUT2D eigenvalue weighted by molar-refractivity contribution is -0.144. The molecule has 0 bridgehead atoms. The fraction of sp³-hybridized carbons (Fsp3) is 0.554. The topological polar surface area (TPSA) is 429 Å². The van der Waals surface area contributed by atoms with E-state index < -0.39 is 182 Å². The summed E-state index contributed by atoms with van der Waals surface area (Å²) >= 11 is 0. The SMILES string of the molecule is CC[C@H](C)[C@H](NC(=O)[C@H](C)NC(=O)[C@H](CCC(=O)O)NC(=O)[C@H](Cc1ccccc1)NC(=O)[C@H](CC(C)C)NC(=O)CN)C(=O)N[C@@H](C)C(=O)NCC(=O)N[C@@H](Cc1ccccc1)C(=O)N[C@H](C(=O)N[C@@H](CCC(=O)O)C(=O)O)[C@@H](C)CC. The minimum Gasteiger partial charge on any atom is -0.481 e. The monoisotopic (exact) mass is 1170 g/mol. The number of amides is 10. The molecule has 2 aromatic rings. The fourth-order valence-corrected chi connectivity index (χ4v) is 8.19. The maximum Gasteiger partial charge on any atom is 0.326 e. The molecule has 2 rings (SSSR count). The summed E-state index contributed by atoms with van der Waals surface area (Å²) in [7, 11) is 0. The molecule has 0 saturated heterocycles. The highest BCUT2D eigenvalue weighted by molar-refractivity contribution is 5.98. The first-order chi connectivity index (χ1) is 39.1. The molecule has 2 aromatic carbocycles. The van der Waals surface area contributed by atoms with Gasteiger partial charge in [-0.3, -0.25) is 57.5 Å². The fourth-order valence-electron chi connectivity index (χ4n) is 8.19. The third-order valence-electron chi connectivity index (χ3n) is 13.4. The van der Waals surface area contributed by atoms with E-state index in [-0.39, 0.29) is 25.2 Å². The van der Waals surface area contributed by atoms with E-state index >= 15 is 0 Å². The summed E-state index contributed by atoms with van der Waals surface area (Å²) in [6, 6.07) is 4.77. The van der Waals surface area contributed by atoms with Crippen molar-refractivity contribution in [3.05, 3.63) is 71.8 Å². The van der Waals surface area contributed by atoms with Crippen LogP contribution >= 0.6 is 0 Å². The van der Waals surface area contributed by atoms with Gasteiger partial charge in [0.25, 0.3) is 0 Å². The average Bonchev–Trinajstić information content (AvgIpc) is 3.53. The number of rotatable bonds is 37. The number of nitrogens with one attached hydrogen (secondary N) is 10. The highest BCUT2D eigenvalue weighted by Gasteiger charge is 2.36. The van der Waals surface area contributed by atoms with E-state index in [1.165, 1.54) is 13.8 Å². The Bertz CT molecular complexity index is 2550. The number of nitrogens with two attached hydrogens (primary N) is 1. The molecule has 0 aromatic heterocycles. The predicted molar refractivity (Wildman–Crippen MR) is 301 cm³/mol. The van der Waals surface area contributed by atoms with E-state index in [0.717, 1.165) is 0 Å². The van der Waals surface area contributed by atoms with Gasteiger partial charge in [-0.25, -0.2) is 4.79 Å². The summed E-state index contributed by atoms with van der Waals surface area (Å²) in [6.45, 7) is 11.8. The van der Waals surface area contributed by atoms with Crippen LogP contribution in [0.5, 0.6) is 0 Å². The highest BCUT2D eigenvalue weighted by Crippen LogP contribution is 2.14. The summed E-state index contributed by atoms with van der Waals surface area (Å²) in [4.78, 5) is 170. The molecular weight excluding hydrogens is 1080 g/mol. The van der Waals surface area contributed by atoms with Crippen LogP contribution in [0.25, 0.3) is 0 Å². The molecule has 15 N–H and O–H groups in total. The molecule has 0 heterocycles. The van der Waals surface area contributed by atoms with Crippen molar-refractivity contribution in [3.63, 3.8) is 0 Å². The molecule has 0 radical (unpaired) electrons. The maximum absolute atomic E-state index is 14.0. The molecule has 0 aliphatic rings. The van der Waals surface area contributed by atoms with E-state index in [1.807, 2.05) is 13.8 Å². The first kappa shape index (κ1) is 70.6. The Kier molecular flexibility index (Phi) is 30.7. The van der Waals surface area contributed by atoms with Gasteiger partial charge in [0.15, 0.2) is 0 Å². The summed E-state index contributed by atoms with van der Waals surface area (Å²) in [5, 5.41) is 53.3. The first-order valence-electron chi connectivity index (χ1n) is 27.5. The van der Waals surface area contributed by atoms with Crippen molar-refractivity contribution in [3.8, 4) is 0 Å². The summed E-state index contributed by atoms with van der Waals surface area (Å²) in [5.74, 6) is -13.6. The minimum absolute atomic E-state index is 0.0729. The van der Waals surface area contributed by atoms with Gasteiger partial charge >= 0.3 is 17.9 Å². The second kappa shape index (κ2) is 36.1. The van der Waals surface area contributed by atoms with Crippen LogP contribution in [0.3, 0.4) is 0 Å². The van der Waals surface area contributed by atoms with Crippen molar-refractivity contribution in [2.45, 2.75) is 168 Å². The Morgan fingerprint density at radius 2 is 0.819 bits per heavy atom. The van der Waals surface area contributed by atoms with Crippen LogP contribution in [0.1, 0.15) is 111 Å². The molecule has 0 unspecified atom stereocenters. The smallest absolute Gasteiger partial charge is 0.326 e. The van der Waals surface area contributed by atoms with Crippen LogP contribution < -0.4 is 58.9 Å². The zero-order chi connectivity index (χ0) is 62.5. The Balaban J connectivity index is 2.22. The Labute approximate surface area is 482 Å². The largest absolute Gasteiger partial charge is 0.481 e. The Morgan fingerprint density at radius 3 is 1.29 bits per heavy atom. The van der Waals surface area contributed by atoms with Crippen molar-refractivity contribution in [2.24, 2.45) is 23.5 Å². The van der Waals surface area contributed by atoms with Crippen molar-refractivity contribution in [1.82, 2.24) is 53.2 Å². The summed E-state index contributed by atoms with van der Waals surface area (Å²) in [5.41, 5.74) is 6.68. The van der Waals surface area contributed by atoms with Crippen LogP contribution in [0.2, 0.25) is 0 Å². The zero-order valence-electron chi connectivity index (χ0n) is 48.2. The van der Waals surface area contributed by atoms with E-state index in [2.05, 4.69) is 53.2 Å². The van der Waals surface area contributed by atoms with Crippen LogP contribution in [0.4, 0.5) is 0 Å². The van der Waals surface area contributed by atoms with E-state index in [0.29, 0.717) is 24.0 Å². The van der Waals surface area contributed by atoms with E-state index in [4.69, 9.17) is 10.8 Å². The number of hydrogen-bond donors (Lipinski definition) is 14. The minimum atomic E-state index is -1.58. The lowest BCUT2D eigenvalue weighted by atomic mass is 9.96. The molecule has 27 nitrogen and oxygen atoms in total. The molecule has 0 fully saturated rings. The van der Waals surface area contributed by atoms with Gasteiger partial charge in [-0.2, -0.15) is 0 Å². The van der Waals surface area contributed by atoms with Crippen molar-refractivity contribution < 1.29 is 77.6 Å². The predicted octanol–water partition coefficient (Wildman–Crippen LogP) is -1.10.